The zero-order valence-electron chi connectivity index (χ0n) is 16.6. The van der Waals surface area contributed by atoms with Gasteiger partial charge in [-0.2, -0.15) is 5.26 Å². The average molecular weight is 425 g/mol. The summed E-state index contributed by atoms with van der Waals surface area (Å²) in [6, 6.07) is 3.49. The summed E-state index contributed by atoms with van der Waals surface area (Å²) in [6.45, 7) is 1.33. The molecule has 2 aliphatic rings. The van der Waals surface area contributed by atoms with Crippen molar-refractivity contribution >= 4 is 17.8 Å². The topological polar surface area (TPSA) is 138 Å². The first-order valence-electron chi connectivity index (χ1n) is 9.86. The maximum atomic E-state index is 13.6. The van der Waals surface area contributed by atoms with Crippen molar-refractivity contribution in [2.45, 2.75) is 25.3 Å². The predicted octanol–water partition coefficient (Wildman–Crippen LogP) is 1.10. The second-order valence-electron chi connectivity index (χ2n) is 7.41. The van der Waals surface area contributed by atoms with Crippen molar-refractivity contribution in [2.75, 3.05) is 24.6 Å². The number of rotatable bonds is 4. The third kappa shape index (κ3) is 4.15. The number of hydroxylamine groups is 2. The molecule has 0 aromatic carbocycles. The molecule has 4 rings (SSSR count). The van der Waals surface area contributed by atoms with Crippen molar-refractivity contribution in [3.8, 4) is 6.07 Å². The molecule has 0 bridgehead atoms. The van der Waals surface area contributed by atoms with Crippen LogP contribution in [-0.2, 0) is 9.63 Å². The predicted molar refractivity (Wildman–Crippen MR) is 105 cm³/mol. The van der Waals surface area contributed by atoms with Gasteiger partial charge < -0.3 is 10.6 Å². The Hall–Kier alpha value is -3.65. The first kappa shape index (κ1) is 20.6. The lowest BCUT2D eigenvalue weighted by molar-refractivity contribution is -0.182. The molecule has 2 N–H and O–H groups in total. The molecule has 2 aromatic heterocycles. The van der Waals surface area contributed by atoms with Crippen molar-refractivity contribution in [3.63, 3.8) is 0 Å². The van der Waals surface area contributed by atoms with Gasteiger partial charge in [0.25, 0.3) is 5.91 Å². The van der Waals surface area contributed by atoms with E-state index in [4.69, 9.17) is 15.8 Å². The molecule has 0 saturated carbocycles. The minimum absolute atomic E-state index is 0.123. The van der Waals surface area contributed by atoms with E-state index in [1.165, 1.54) is 11.3 Å². The molecule has 2 aromatic rings. The zero-order chi connectivity index (χ0) is 22.0. The highest BCUT2D eigenvalue weighted by Gasteiger charge is 2.37. The molecule has 2 fully saturated rings. The van der Waals surface area contributed by atoms with E-state index in [1.807, 2.05) is 0 Å². The van der Waals surface area contributed by atoms with Crippen LogP contribution in [0.5, 0.6) is 0 Å². The van der Waals surface area contributed by atoms with Gasteiger partial charge in [0, 0.05) is 37.8 Å². The summed E-state index contributed by atoms with van der Waals surface area (Å²) in [7, 11) is 0. The standard InChI is InChI=1S/C20H20FN7O3/c21-15-11-25-20(26-17(15)18(23)29)27-4-1-13(2-5-27)19(30)28-16(3-6-31-28)14-7-12(8-22)9-24-10-14/h7,9-11,13,16H,1-6H2,(H2,23,29)/t16-/m0/s1. The van der Waals surface area contributed by atoms with Crippen LogP contribution in [0, 0.1) is 23.1 Å². The monoisotopic (exact) mass is 425 g/mol. The van der Waals surface area contributed by atoms with Crippen molar-refractivity contribution in [1.29, 1.82) is 5.26 Å². The molecule has 160 valence electrons. The molecule has 0 aliphatic carbocycles. The number of aromatic nitrogens is 3. The van der Waals surface area contributed by atoms with Crippen molar-refractivity contribution < 1.29 is 18.8 Å². The SMILES string of the molecule is N#Cc1cncc([C@@H]2CCON2C(=O)C2CCN(c3ncc(F)c(C(N)=O)n3)CC2)c1. The Morgan fingerprint density at radius 1 is 1.23 bits per heavy atom. The fraction of sp³-hybridized carbons (Fsp3) is 0.400. The molecule has 1 atom stereocenters. The van der Waals surface area contributed by atoms with E-state index in [1.54, 1.807) is 17.2 Å². The summed E-state index contributed by atoms with van der Waals surface area (Å²) in [5, 5.41) is 10.5. The van der Waals surface area contributed by atoms with Crippen LogP contribution in [0.25, 0.3) is 0 Å². The summed E-state index contributed by atoms with van der Waals surface area (Å²) in [5.74, 6) is -2.01. The first-order chi connectivity index (χ1) is 15.0. The number of halogens is 1. The van der Waals surface area contributed by atoms with Gasteiger partial charge in [-0.15, -0.1) is 0 Å². The maximum absolute atomic E-state index is 13.6. The fourth-order valence-corrected chi connectivity index (χ4v) is 3.88. The van der Waals surface area contributed by atoms with Gasteiger partial charge in [0.2, 0.25) is 11.9 Å². The van der Waals surface area contributed by atoms with E-state index >= 15 is 0 Å². The Labute approximate surface area is 177 Å². The maximum Gasteiger partial charge on any atom is 0.270 e. The number of amides is 2. The van der Waals surface area contributed by atoms with Crippen LogP contribution in [-0.4, -0.2) is 51.5 Å². The first-order valence-corrected chi connectivity index (χ1v) is 9.86. The van der Waals surface area contributed by atoms with E-state index in [-0.39, 0.29) is 23.8 Å². The molecule has 0 radical (unpaired) electrons. The summed E-state index contributed by atoms with van der Waals surface area (Å²) in [5.41, 5.74) is 5.89. The third-order valence-electron chi connectivity index (χ3n) is 5.49. The summed E-state index contributed by atoms with van der Waals surface area (Å²) >= 11 is 0. The Morgan fingerprint density at radius 3 is 2.71 bits per heavy atom. The summed E-state index contributed by atoms with van der Waals surface area (Å²) in [6.07, 6.45) is 5.71. The molecule has 2 aliphatic heterocycles. The molecule has 10 nitrogen and oxygen atoms in total. The highest BCUT2D eigenvalue weighted by atomic mass is 19.1. The lowest BCUT2D eigenvalue weighted by Crippen LogP contribution is -2.42. The molecular weight excluding hydrogens is 405 g/mol. The van der Waals surface area contributed by atoms with Crippen LogP contribution in [0.3, 0.4) is 0 Å². The molecule has 0 unspecified atom stereocenters. The van der Waals surface area contributed by atoms with Gasteiger partial charge in [0.15, 0.2) is 11.5 Å². The zero-order valence-corrected chi connectivity index (χ0v) is 16.6. The number of hydrogen-bond donors (Lipinski definition) is 1. The summed E-state index contributed by atoms with van der Waals surface area (Å²) in [4.78, 5) is 43.8. The number of nitriles is 1. The molecule has 2 amide bonds. The molecule has 4 heterocycles. The van der Waals surface area contributed by atoms with Crippen LogP contribution in [0.2, 0.25) is 0 Å². The van der Waals surface area contributed by atoms with Crippen molar-refractivity contribution in [1.82, 2.24) is 20.0 Å². The quantitative estimate of drug-likeness (QED) is 0.768. The van der Waals surface area contributed by atoms with Crippen LogP contribution < -0.4 is 10.6 Å². The minimum atomic E-state index is -0.960. The van der Waals surface area contributed by atoms with Crippen molar-refractivity contribution in [2.24, 2.45) is 11.7 Å². The van der Waals surface area contributed by atoms with Crippen LogP contribution in [0.15, 0.2) is 24.7 Å². The Balaban J connectivity index is 1.43. The van der Waals surface area contributed by atoms with E-state index in [0.29, 0.717) is 44.5 Å². The lowest BCUT2D eigenvalue weighted by atomic mass is 9.94. The fourth-order valence-electron chi connectivity index (χ4n) is 3.88. The smallest absolute Gasteiger partial charge is 0.270 e. The number of anilines is 1. The Bertz CT molecular complexity index is 1050. The second-order valence-corrected chi connectivity index (χ2v) is 7.41. The van der Waals surface area contributed by atoms with Crippen LogP contribution in [0.1, 0.15) is 46.9 Å². The number of nitrogens with zero attached hydrogens (tertiary/aromatic N) is 6. The number of primary amides is 1. The number of nitrogens with two attached hydrogens (primary N) is 1. The molecule has 0 spiro atoms. The molecule has 31 heavy (non-hydrogen) atoms. The van der Waals surface area contributed by atoms with Gasteiger partial charge in [-0.05, 0) is 24.5 Å². The highest BCUT2D eigenvalue weighted by molar-refractivity contribution is 5.91. The largest absolute Gasteiger partial charge is 0.364 e. The third-order valence-corrected chi connectivity index (χ3v) is 5.49. The Morgan fingerprint density at radius 2 is 2.00 bits per heavy atom. The highest BCUT2D eigenvalue weighted by Crippen LogP contribution is 2.33. The van der Waals surface area contributed by atoms with Gasteiger partial charge in [0.1, 0.15) is 6.07 Å². The molecule has 11 heteroatoms. The molecular formula is C20H20FN7O3. The van der Waals surface area contributed by atoms with Gasteiger partial charge in [-0.25, -0.2) is 19.4 Å². The van der Waals surface area contributed by atoms with Gasteiger partial charge in [0.05, 0.1) is 24.4 Å². The number of carbonyl (C=O) groups is 2. The molecule has 2 saturated heterocycles. The van der Waals surface area contributed by atoms with Gasteiger partial charge in [-0.1, -0.05) is 0 Å². The number of piperidine rings is 1. The van der Waals surface area contributed by atoms with E-state index < -0.39 is 17.4 Å². The van der Waals surface area contributed by atoms with Crippen molar-refractivity contribution in [3.05, 3.63) is 47.3 Å². The van der Waals surface area contributed by atoms with E-state index in [0.717, 1.165) is 11.8 Å². The van der Waals surface area contributed by atoms with Crippen LogP contribution in [0.4, 0.5) is 10.3 Å². The minimum Gasteiger partial charge on any atom is -0.364 e. The number of carbonyl (C=O) groups excluding carboxylic acids is 2. The number of pyridine rings is 1. The average Bonchev–Trinajstić information content (AvgIpc) is 3.29. The van der Waals surface area contributed by atoms with E-state index in [9.17, 15) is 14.0 Å². The lowest BCUT2D eigenvalue weighted by Gasteiger charge is -2.34. The second kappa shape index (κ2) is 8.61. The van der Waals surface area contributed by atoms with Gasteiger partial charge >= 0.3 is 0 Å². The Kier molecular flexibility index (Phi) is 5.73. The van der Waals surface area contributed by atoms with Gasteiger partial charge in [-0.3, -0.25) is 19.4 Å². The number of hydrogen-bond acceptors (Lipinski definition) is 8. The van der Waals surface area contributed by atoms with Crippen LogP contribution >= 0.6 is 0 Å². The summed E-state index contributed by atoms with van der Waals surface area (Å²) < 4.78 is 13.6. The normalized spacial score (nSPS) is 19.3. The van der Waals surface area contributed by atoms with E-state index in [2.05, 4.69) is 21.0 Å².